The van der Waals surface area contributed by atoms with Crippen LogP contribution in [-0.4, -0.2) is 42.0 Å². The summed E-state index contributed by atoms with van der Waals surface area (Å²) in [6.07, 6.45) is 2.08. The van der Waals surface area contributed by atoms with E-state index in [-0.39, 0.29) is 17.9 Å². The average Bonchev–Trinajstić information content (AvgIpc) is 3.34. The van der Waals surface area contributed by atoms with Gasteiger partial charge >= 0.3 is 0 Å². The molecule has 0 saturated heterocycles. The van der Waals surface area contributed by atoms with Crippen molar-refractivity contribution in [3.05, 3.63) is 95.6 Å². The highest BCUT2D eigenvalue weighted by Gasteiger charge is 2.26. The first kappa shape index (κ1) is 23.0. The molecule has 0 radical (unpaired) electrons. The summed E-state index contributed by atoms with van der Waals surface area (Å²) in [4.78, 5) is 17.5. The monoisotopic (exact) mass is 483 g/mol. The third-order valence-electron chi connectivity index (χ3n) is 5.88. The Labute approximate surface area is 208 Å². The molecular formula is C27H25N5O4. The number of ether oxygens (including phenoxy) is 3. The van der Waals surface area contributed by atoms with Crippen molar-refractivity contribution in [2.24, 2.45) is 0 Å². The quantitative estimate of drug-likeness (QED) is 0.396. The molecule has 5 rings (SSSR count). The number of benzene rings is 3. The number of fused-ring (bicyclic) bond motifs is 1. The van der Waals surface area contributed by atoms with Crippen molar-refractivity contribution in [3.63, 3.8) is 0 Å². The van der Waals surface area contributed by atoms with E-state index in [1.807, 2.05) is 54.6 Å². The van der Waals surface area contributed by atoms with Crippen LogP contribution in [0.4, 0.5) is 11.9 Å². The summed E-state index contributed by atoms with van der Waals surface area (Å²) in [7, 11) is 4.70. The molecule has 1 unspecified atom stereocenters. The zero-order chi connectivity index (χ0) is 25.1. The van der Waals surface area contributed by atoms with Gasteiger partial charge in [0.25, 0.3) is 11.9 Å². The molecule has 0 bridgehead atoms. The van der Waals surface area contributed by atoms with E-state index in [0.29, 0.717) is 23.0 Å². The SMILES string of the molecule is COc1ccc(C2C=C(c3ccccc3)Nc3nc(NC(=O)c4ccc(OC)c(OC)c4)nn32)cc1. The molecule has 9 heteroatoms. The fraction of sp³-hybridized carbons (Fsp3) is 0.148. The molecule has 1 aliphatic heterocycles. The largest absolute Gasteiger partial charge is 0.497 e. The summed E-state index contributed by atoms with van der Waals surface area (Å²) in [5, 5.41) is 10.7. The molecule has 182 valence electrons. The van der Waals surface area contributed by atoms with Gasteiger partial charge in [0.2, 0.25) is 5.95 Å². The molecule has 2 N–H and O–H groups in total. The van der Waals surface area contributed by atoms with E-state index in [4.69, 9.17) is 14.2 Å². The highest BCUT2D eigenvalue weighted by Crippen LogP contribution is 2.34. The zero-order valence-electron chi connectivity index (χ0n) is 20.1. The van der Waals surface area contributed by atoms with E-state index in [0.717, 1.165) is 22.6 Å². The first-order valence-corrected chi connectivity index (χ1v) is 11.3. The van der Waals surface area contributed by atoms with Crippen molar-refractivity contribution >= 4 is 23.5 Å². The van der Waals surface area contributed by atoms with Crippen molar-refractivity contribution in [1.82, 2.24) is 14.8 Å². The van der Waals surface area contributed by atoms with Crippen LogP contribution in [0, 0.1) is 0 Å². The third kappa shape index (κ3) is 4.46. The van der Waals surface area contributed by atoms with Gasteiger partial charge in [-0.05, 0) is 47.5 Å². The van der Waals surface area contributed by atoms with E-state index >= 15 is 0 Å². The van der Waals surface area contributed by atoms with Crippen LogP contribution >= 0.6 is 0 Å². The number of carbonyl (C=O) groups excluding carboxylic acids is 1. The van der Waals surface area contributed by atoms with E-state index in [2.05, 4.69) is 26.8 Å². The number of rotatable bonds is 7. The number of amides is 1. The fourth-order valence-electron chi connectivity index (χ4n) is 4.02. The summed E-state index contributed by atoms with van der Waals surface area (Å²) >= 11 is 0. The van der Waals surface area contributed by atoms with Crippen molar-refractivity contribution < 1.29 is 19.0 Å². The first-order valence-electron chi connectivity index (χ1n) is 11.3. The number of nitrogens with one attached hydrogen (secondary N) is 2. The molecular weight excluding hydrogens is 458 g/mol. The minimum atomic E-state index is -0.365. The Morgan fingerprint density at radius 1 is 0.917 bits per heavy atom. The molecule has 1 amide bonds. The lowest BCUT2D eigenvalue weighted by Crippen LogP contribution is -2.20. The van der Waals surface area contributed by atoms with Gasteiger partial charge in [0.1, 0.15) is 11.8 Å². The minimum absolute atomic E-state index is 0.179. The molecule has 1 atom stereocenters. The second-order valence-electron chi connectivity index (χ2n) is 8.02. The molecule has 0 aliphatic carbocycles. The lowest BCUT2D eigenvalue weighted by molar-refractivity contribution is 0.102. The van der Waals surface area contributed by atoms with Crippen LogP contribution in [-0.2, 0) is 0 Å². The highest BCUT2D eigenvalue weighted by atomic mass is 16.5. The van der Waals surface area contributed by atoms with Crippen LogP contribution in [0.3, 0.4) is 0 Å². The summed E-state index contributed by atoms with van der Waals surface area (Å²) in [6, 6.07) is 22.5. The van der Waals surface area contributed by atoms with Crippen molar-refractivity contribution in [1.29, 1.82) is 0 Å². The molecule has 0 fully saturated rings. The molecule has 1 aromatic heterocycles. The van der Waals surface area contributed by atoms with Crippen LogP contribution in [0.1, 0.15) is 27.5 Å². The van der Waals surface area contributed by atoms with Crippen molar-refractivity contribution in [3.8, 4) is 17.2 Å². The lowest BCUT2D eigenvalue weighted by atomic mass is 10.0. The topological polar surface area (TPSA) is 99.5 Å². The van der Waals surface area contributed by atoms with Crippen LogP contribution in [0.5, 0.6) is 17.2 Å². The van der Waals surface area contributed by atoms with Gasteiger partial charge in [0.15, 0.2) is 11.5 Å². The molecule has 9 nitrogen and oxygen atoms in total. The van der Waals surface area contributed by atoms with Gasteiger partial charge in [0.05, 0.1) is 21.3 Å². The molecule has 0 saturated carbocycles. The Kier molecular flexibility index (Phi) is 6.27. The zero-order valence-corrected chi connectivity index (χ0v) is 20.1. The Balaban J connectivity index is 1.47. The predicted molar refractivity (Wildman–Crippen MR) is 137 cm³/mol. The smallest absolute Gasteiger partial charge is 0.258 e. The fourth-order valence-corrected chi connectivity index (χ4v) is 4.02. The van der Waals surface area contributed by atoms with Crippen LogP contribution in [0.25, 0.3) is 5.70 Å². The lowest BCUT2D eigenvalue weighted by Gasteiger charge is -2.24. The van der Waals surface area contributed by atoms with E-state index in [1.54, 1.807) is 37.1 Å². The number of nitrogens with zero attached hydrogens (tertiary/aromatic N) is 3. The Hall–Kier alpha value is -4.79. The maximum Gasteiger partial charge on any atom is 0.258 e. The number of hydrogen-bond acceptors (Lipinski definition) is 7. The van der Waals surface area contributed by atoms with Gasteiger partial charge in [-0.25, -0.2) is 4.68 Å². The van der Waals surface area contributed by atoms with Crippen LogP contribution < -0.4 is 24.8 Å². The standard InChI is InChI=1S/C27H25N5O4/c1-34-20-12-9-18(10-13-20)22-16-21(17-7-5-4-6-8-17)28-27-30-26(31-32(22)27)29-25(33)19-11-14-23(35-2)24(15-19)36-3/h4-16,22H,1-3H3,(H2,28,29,30,31,33). The predicted octanol–water partition coefficient (Wildman–Crippen LogP) is 4.61. The summed E-state index contributed by atoms with van der Waals surface area (Å²) < 4.78 is 17.6. The number of aromatic nitrogens is 3. The summed E-state index contributed by atoms with van der Waals surface area (Å²) in [5.74, 6) is 2.09. The van der Waals surface area contributed by atoms with E-state index < -0.39 is 0 Å². The molecule has 0 spiro atoms. The molecule has 1 aliphatic rings. The number of anilines is 2. The Morgan fingerprint density at radius 2 is 1.67 bits per heavy atom. The molecule has 36 heavy (non-hydrogen) atoms. The summed E-state index contributed by atoms with van der Waals surface area (Å²) in [5.41, 5.74) is 3.30. The molecule has 4 aromatic rings. The number of methoxy groups -OCH3 is 3. The maximum absolute atomic E-state index is 13.0. The number of allylic oxidation sites excluding steroid dienone is 1. The van der Waals surface area contributed by atoms with Gasteiger partial charge in [0, 0.05) is 11.3 Å². The summed E-state index contributed by atoms with van der Waals surface area (Å²) in [6.45, 7) is 0. The van der Waals surface area contributed by atoms with E-state index in [9.17, 15) is 4.79 Å². The Morgan fingerprint density at radius 3 is 2.36 bits per heavy atom. The van der Waals surface area contributed by atoms with Gasteiger partial charge in [-0.1, -0.05) is 42.5 Å². The highest BCUT2D eigenvalue weighted by molar-refractivity contribution is 6.03. The second-order valence-corrected chi connectivity index (χ2v) is 8.02. The number of hydrogen-bond donors (Lipinski definition) is 2. The first-order chi connectivity index (χ1) is 17.6. The number of carbonyl (C=O) groups is 1. The Bertz CT molecular complexity index is 1410. The van der Waals surface area contributed by atoms with Gasteiger partial charge in [-0.3, -0.25) is 10.1 Å². The minimum Gasteiger partial charge on any atom is -0.497 e. The average molecular weight is 484 g/mol. The van der Waals surface area contributed by atoms with Crippen LogP contribution in [0.2, 0.25) is 0 Å². The van der Waals surface area contributed by atoms with E-state index in [1.165, 1.54) is 7.11 Å². The third-order valence-corrected chi connectivity index (χ3v) is 5.88. The maximum atomic E-state index is 13.0. The van der Waals surface area contributed by atoms with Gasteiger partial charge < -0.3 is 19.5 Å². The molecule has 2 heterocycles. The molecule has 3 aromatic carbocycles. The van der Waals surface area contributed by atoms with Gasteiger partial charge in [-0.2, -0.15) is 4.98 Å². The van der Waals surface area contributed by atoms with Gasteiger partial charge in [-0.15, -0.1) is 5.10 Å². The normalized spacial score (nSPS) is 14.2. The van der Waals surface area contributed by atoms with Crippen molar-refractivity contribution in [2.45, 2.75) is 6.04 Å². The van der Waals surface area contributed by atoms with Crippen molar-refractivity contribution in [2.75, 3.05) is 32.0 Å². The van der Waals surface area contributed by atoms with Crippen LogP contribution in [0.15, 0.2) is 78.9 Å². The second kappa shape index (κ2) is 9.83.